The van der Waals surface area contributed by atoms with Gasteiger partial charge in [0, 0.05) is 6.42 Å². The molecule has 0 atom stereocenters. The third-order valence-corrected chi connectivity index (χ3v) is 7.29. The van der Waals surface area contributed by atoms with Crippen LogP contribution in [0.5, 0.6) is 5.75 Å². The van der Waals surface area contributed by atoms with Gasteiger partial charge in [-0.2, -0.15) is 57.1 Å². The van der Waals surface area contributed by atoms with Gasteiger partial charge in [0.25, 0.3) is 0 Å². The van der Waals surface area contributed by atoms with Crippen LogP contribution in [0.4, 0.5) is 57.1 Å². The molecule has 17 heteroatoms. The number of hydrogen-bond donors (Lipinski definition) is 0. The molecule has 0 aliphatic heterocycles. The largest absolute Gasteiger partial charge is 0.494 e. The Balaban J connectivity index is 2.25. The van der Waals surface area contributed by atoms with Gasteiger partial charge in [0.1, 0.15) is 5.75 Å². The summed E-state index contributed by atoms with van der Waals surface area (Å²) in [5.41, 5.74) is 0.906. The van der Waals surface area contributed by atoms with Crippen molar-refractivity contribution in [2.24, 2.45) is 0 Å². The summed E-state index contributed by atoms with van der Waals surface area (Å²) in [7, 11) is -5.00. The van der Waals surface area contributed by atoms with E-state index in [0.29, 0.717) is 23.5 Å². The zero-order valence-electron chi connectivity index (χ0n) is 20.0. The molecule has 0 unspecified atom stereocenters. The van der Waals surface area contributed by atoms with Gasteiger partial charge in [-0.1, -0.05) is 31.2 Å². The van der Waals surface area contributed by atoms with Gasteiger partial charge < -0.3 is 4.74 Å². The van der Waals surface area contributed by atoms with E-state index in [4.69, 9.17) is 4.74 Å². The topological polar surface area (TPSA) is 43.4 Å². The first kappa shape index (κ1) is 33.5. The van der Waals surface area contributed by atoms with E-state index >= 15 is 0 Å². The van der Waals surface area contributed by atoms with Crippen LogP contribution >= 0.6 is 0 Å². The number of alkyl halides is 13. The predicted octanol–water partition coefficient (Wildman–Crippen LogP) is 8.05. The van der Waals surface area contributed by atoms with E-state index in [2.05, 4.69) is 0 Å². The van der Waals surface area contributed by atoms with Crippen LogP contribution in [-0.4, -0.2) is 56.6 Å². The van der Waals surface area contributed by atoms with E-state index in [1.54, 1.807) is 24.3 Å². The van der Waals surface area contributed by atoms with Crippen LogP contribution in [0.1, 0.15) is 19.8 Å². The fraction of sp³-hybridized carbons (Fsp3) is 0.478. The van der Waals surface area contributed by atoms with E-state index in [1.165, 1.54) is 0 Å². The molecule has 0 fully saturated rings. The zero-order chi connectivity index (χ0) is 31.0. The van der Waals surface area contributed by atoms with E-state index in [0.717, 1.165) is 30.7 Å². The minimum atomic E-state index is -8.04. The van der Waals surface area contributed by atoms with Crippen LogP contribution in [0.3, 0.4) is 0 Å². The molecule has 0 spiro atoms. The van der Waals surface area contributed by atoms with E-state index in [9.17, 15) is 65.5 Å². The molecule has 0 saturated heterocycles. The molecule has 0 aliphatic carbocycles. The van der Waals surface area contributed by atoms with Crippen molar-refractivity contribution in [1.82, 2.24) is 0 Å². The minimum Gasteiger partial charge on any atom is -0.494 e. The van der Waals surface area contributed by atoms with Crippen molar-refractivity contribution in [3.05, 3.63) is 48.5 Å². The van der Waals surface area contributed by atoms with Crippen molar-refractivity contribution >= 4 is 9.84 Å². The van der Waals surface area contributed by atoms with Gasteiger partial charge in [-0.05, 0) is 41.8 Å². The van der Waals surface area contributed by atoms with Crippen LogP contribution in [-0.2, 0) is 9.84 Å². The van der Waals surface area contributed by atoms with Crippen molar-refractivity contribution in [3.63, 3.8) is 0 Å². The van der Waals surface area contributed by atoms with E-state index < -0.39 is 62.7 Å². The van der Waals surface area contributed by atoms with Crippen molar-refractivity contribution in [2.75, 3.05) is 12.4 Å². The molecular formula is C23H19F13O3S. The second-order valence-corrected chi connectivity index (χ2v) is 10.6. The summed E-state index contributed by atoms with van der Waals surface area (Å²) >= 11 is 0. The lowest BCUT2D eigenvalue weighted by atomic mass is 9.93. The average Bonchev–Trinajstić information content (AvgIpc) is 2.85. The normalized spacial score (nSPS) is 14.3. The van der Waals surface area contributed by atoms with Crippen molar-refractivity contribution in [3.8, 4) is 16.9 Å². The van der Waals surface area contributed by atoms with Gasteiger partial charge in [-0.25, -0.2) is 8.42 Å². The minimum absolute atomic E-state index is 0.380. The molecule has 0 bridgehead atoms. The molecule has 0 aromatic heterocycles. The second-order valence-electron chi connectivity index (χ2n) is 8.47. The van der Waals surface area contributed by atoms with Crippen LogP contribution in [0.15, 0.2) is 53.4 Å². The maximum absolute atomic E-state index is 14.0. The van der Waals surface area contributed by atoms with Crippen LogP contribution in [0.25, 0.3) is 11.1 Å². The quantitative estimate of drug-likeness (QED) is 0.225. The maximum atomic E-state index is 14.0. The molecule has 0 radical (unpaired) electrons. The summed E-state index contributed by atoms with van der Waals surface area (Å²) in [4.78, 5) is -0.793. The van der Waals surface area contributed by atoms with Gasteiger partial charge in [0.05, 0.1) is 17.3 Å². The van der Waals surface area contributed by atoms with Gasteiger partial charge >= 0.3 is 35.8 Å². The molecule has 2 aromatic carbocycles. The first-order valence-corrected chi connectivity index (χ1v) is 12.6. The van der Waals surface area contributed by atoms with Crippen LogP contribution in [0.2, 0.25) is 0 Å². The standard InChI is InChI=1S/C23H19F13O3S/c1-2-12-39-16-7-3-14(4-8-16)15-5-9-17(10-6-15)40(37,38)13-11-18(24,25)19(26,27)20(28,29)21(30,31)22(32,33)23(34,35)36/h3-10H,2,11-13H2,1H3. The number of benzene rings is 2. The Morgan fingerprint density at radius 1 is 0.625 bits per heavy atom. The molecule has 0 aliphatic rings. The molecule has 3 nitrogen and oxygen atoms in total. The van der Waals surface area contributed by atoms with Gasteiger partial charge in [-0.15, -0.1) is 0 Å². The number of ether oxygens (including phenoxy) is 1. The lowest BCUT2D eigenvalue weighted by Crippen LogP contribution is -2.70. The second kappa shape index (κ2) is 10.9. The Morgan fingerprint density at radius 3 is 1.48 bits per heavy atom. The average molecular weight is 622 g/mol. The zero-order valence-corrected chi connectivity index (χ0v) is 20.8. The third-order valence-electron chi connectivity index (χ3n) is 5.56. The molecule has 40 heavy (non-hydrogen) atoms. The molecule has 0 heterocycles. The van der Waals surface area contributed by atoms with Gasteiger partial charge in [0.15, 0.2) is 9.84 Å². The Morgan fingerprint density at radius 2 is 1.05 bits per heavy atom. The molecule has 2 aromatic rings. The molecule has 0 amide bonds. The fourth-order valence-corrected chi connectivity index (χ4v) is 4.47. The maximum Gasteiger partial charge on any atom is 0.460 e. The monoisotopic (exact) mass is 622 g/mol. The lowest BCUT2D eigenvalue weighted by Gasteiger charge is -2.39. The smallest absolute Gasteiger partial charge is 0.460 e. The third kappa shape index (κ3) is 5.98. The molecular weight excluding hydrogens is 603 g/mol. The molecule has 0 saturated carbocycles. The van der Waals surface area contributed by atoms with Crippen molar-refractivity contribution in [2.45, 2.75) is 60.4 Å². The molecule has 0 N–H and O–H groups in total. The van der Waals surface area contributed by atoms with E-state index in [1.807, 2.05) is 6.92 Å². The summed E-state index contributed by atoms with van der Waals surface area (Å²) in [5.74, 6) is -39.4. The SMILES string of the molecule is CCCOc1ccc(-c2ccc(S(=O)(=O)CCC(F)(F)C(F)(F)C(F)(F)C(F)(F)C(F)(F)C(F)(F)F)cc2)cc1. The lowest BCUT2D eigenvalue weighted by molar-refractivity contribution is -0.439. The Labute approximate surface area is 218 Å². The number of halogens is 13. The van der Waals surface area contributed by atoms with Gasteiger partial charge in [0.2, 0.25) is 0 Å². The molecule has 226 valence electrons. The van der Waals surface area contributed by atoms with Gasteiger partial charge in [-0.3, -0.25) is 0 Å². The first-order valence-electron chi connectivity index (χ1n) is 11.0. The van der Waals surface area contributed by atoms with E-state index in [-0.39, 0.29) is 0 Å². The Kier molecular flexibility index (Phi) is 9.15. The Hall–Kier alpha value is -2.72. The number of sulfone groups is 1. The van der Waals surface area contributed by atoms with Crippen molar-refractivity contribution < 1.29 is 70.2 Å². The highest BCUT2D eigenvalue weighted by molar-refractivity contribution is 7.91. The fourth-order valence-electron chi connectivity index (χ4n) is 3.16. The summed E-state index contributed by atoms with van der Waals surface area (Å²) in [6.45, 7) is 2.32. The summed E-state index contributed by atoms with van der Waals surface area (Å²) in [6, 6.07) is 10.3. The highest BCUT2D eigenvalue weighted by atomic mass is 32.2. The summed E-state index contributed by atoms with van der Waals surface area (Å²) in [5, 5.41) is 0. The molecule has 2 rings (SSSR count). The highest BCUT2D eigenvalue weighted by Gasteiger charge is 2.90. The summed E-state index contributed by atoms with van der Waals surface area (Å²) < 4.78 is 202. The summed E-state index contributed by atoms with van der Waals surface area (Å²) in [6.07, 6.45) is -9.61. The van der Waals surface area contributed by atoms with Crippen molar-refractivity contribution in [1.29, 1.82) is 0 Å². The number of rotatable bonds is 12. The Bertz CT molecular complexity index is 1250. The predicted molar refractivity (Wildman–Crippen MR) is 115 cm³/mol. The van der Waals surface area contributed by atoms with Crippen LogP contribution in [0, 0.1) is 0 Å². The number of hydrogen-bond acceptors (Lipinski definition) is 3. The highest BCUT2D eigenvalue weighted by Crippen LogP contribution is 2.60. The van der Waals surface area contributed by atoms with Crippen LogP contribution < -0.4 is 4.74 Å². The first-order chi connectivity index (χ1) is 18.0.